The molecule has 0 radical (unpaired) electrons. The first-order valence-corrected chi connectivity index (χ1v) is 10.2. The first-order valence-electron chi connectivity index (χ1n) is 10.2. The molecule has 138 valence electrons. The Morgan fingerprint density at radius 1 is 0.840 bits per heavy atom. The highest BCUT2D eigenvalue weighted by Crippen LogP contribution is 2.40. The van der Waals surface area contributed by atoms with E-state index in [0.29, 0.717) is 5.92 Å². The summed E-state index contributed by atoms with van der Waals surface area (Å²) in [5.41, 5.74) is 0.986. The van der Waals surface area contributed by atoms with Gasteiger partial charge in [-0.15, -0.1) is 0 Å². The molecule has 0 aromatic heterocycles. The lowest BCUT2D eigenvalue weighted by atomic mass is 9.74. The standard InChI is InChI=1S/C23H32F2/c1-2-3-17-4-6-18(7-5-17)8-9-19-10-12-20(13-11-19)21-14-15-22(24)23(25)16-21/h2-3,14-20H,4-13H2,1H3/b3-2+/t17-,18-,19?,20?. The first kappa shape index (κ1) is 18.6. The minimum Gasteiger partial charge on any atom is -0.204 e. The summed E-state index contributed by atoms with van der Waals surface area (Å²) < 4.78 is 26.5. The number of rotatable bonds is 5. The molecule has 1 aromatic rings. The fourth-order valence-corrected chi connectivity index (χ4v) is 4.96. The Hall–Kier alpha value is -1.18. The average molecular weight is 347 g/mol. The van der Waals surface area contributed by atoms with Crippen molar-refractivity contribution in [3.05, 3.63) is 47.5 Å². The molecule has 25 heavy (non-hydrogen) atoms. The van der Waals surface area contributed by atoms with Crippen LogP contribution in [0.15, 0.2) is 30.4 Å². The molecular formula is C23H32F2. The van der Waals surface area contributed by atoms with Crippen LogP contribution in [0.1, 0.15) is 82.6 Å². The van der Waals surface area contributed by atoms with Gasteiger partial charge in [0.25, 0.3) is 0 Å². The molecule has 0 nitrogen and oxygen atoms in total. The van der Waals surface area contributed by atoms with Crippen LogP contribution in [-0.4, -0.2) is 0 Å². The van der Waals surface area contributed by atoms with Crippen LogP contribution in [-0.2, 0) is 0 Å². The molecule has 0 amide bonds. The maximum absolute atomic E-state index is 13.4. The van der Waals surface area contributed by atoms with Crippen LogP contribution in [0.3, 0.4) is 0 Å². The van der Waals surface area contributed by atoms with E-state index in [4.69, 9.17) is 0 Å². The van der Waals surface area contributed by atoms with Crippen LogP contribution in [0.4, 0.5) is 8.78 Å². The molecule has 2 aliphatic rings. The predicted molar refractivity (Wildman–Crippen MR) is 101 cm³/mol. The molecule has 2 fully saturated rings. The number of halogens is 2. The van der Waals surface area contributed by atoms with E-state index in [0.717, 1.165) is 36.2 Å². The second kappa shape index (κ2) is 8.96. The van der Waals surface area contributed by atoms with Crippen LogP contribution >= 0.6 is 0 Å². The van der Waals surface area contributed by atoms with Crippen molar-refractivity contribution >= 4 is 0 Å². The fourth-order valence-electron chi connectivity index (χ4n) is 4.96. The second-order valence-corrected chi connectivity index (χ2v) is 8.28. The molecular weight excluding hydrogens is 314 g/mol. The van der Waals surface area contributed by atoms with Crippen LogP contribution in [0.5, 0.6) is 0 Å². The molecule has 0 saturated heterocycles. The van der Waals surface area contributed by atoms with Gasteiger partial charge in [0.2, 0.25) is 0 Å². The van der Waals surface area contributed by atoms with Crippen molar-refractivity contribution in [1.29, 1.82) is 0 Å². The molecule has 1 aromatic carbocycles. The molecule has 2 aliphatic carbocycles. The Morgan fingerprint density at radius 3 is 2.00 bits per heavy atom. The lowest BCUT2D eigenvalue weighted by molar-refractivity contribution is 0.246. The molecule has 0 heterocycles. The normalized spacial score (nSPS) is 30.7. The van der Waals surface area contributed by atoms with E-state index in [9.17, 15) is 8.78 Å². The van der Waals surface area contributed by atoms with Gasteiger partial charge in [0.05, 0.1) is 0 Å². The van der Waals surface area contributed by atoms with Crippen LogP contribution in [0, 0.1) is 29.4 Å². The molecule has 2 saturated carbocycles. The summed E-state index contributed by atoms with van der Waals surface area (Å²) in [6.07, 6.45) is 17.6. The van der Waals surface area contributed by atoms with Crippen molar-refractivity contribution in [2.45, 2.75) is 77.0 Å². The van der Waals surface area contributed by atoms with Crippen LogP contribution < -0.4 is 0 Å². The maximum Gasteiger partial charge on any atom is 0.159 e. The van der Waals surface area contributed by atoms with Crippen molar-refractivity contribution in [1.82, 2.24) is 0 Å². The van der Waals surface area contributed by atoms with Gasteiger partial charge >= 0.3 is 0 Å². The van der Waals surface area contributed by atoms with Crippen molar-refractivity contribution in [2.24, 2.45) is 17.8 Å². The number of benzene rings is 1. The summed E-state index contributed by atoms with van der Waals surface area (Å²) >= 11 is 0. The van der Waals surface area contributed by atoms with E-state index in [1.165, 1.54) is 63.5 Å². The Bertz CT molecular complexity index is 561. The Balaban J connectivity index is 1.39. The Morgan fingerprint density at radius 2 is 1.44 bits per heavy atom. The zero-order chi connectivity index (χ0) is 17.6. The summed E-state index contributed by atoms with van der Waals surface area (Å²) in [4.78, 5) is 0. The van der Waals surface area contributed by atoms with E-state index in [2.05, 4.69) is 19.1 Å². The minimum absolute atomic E-state index is 0.419. The third-order valence-corrected chi connectivity index (χ3v) is 6.60. The maximum atomic E-state index is 13.4. The molecule has 0 N–H and O–H groups in total. The number of allylic oxidation sites excluding steroid dienone is 2. The third-order valence-electron chi connectivity index (χ3n) is 6.60. The van der Waals surface area contributed by atoms with E-state index in [-0.39, 0.29) is 0 Å². The minimum atomic E-state index is -0.735. The van der Waals surface area contributed by atoms with E-state index < -0.39 is 11.6 Å². The van der Waals surface area contributed by atoms with Gasteiger partial charge in [0.1, 0.15) is 0 Å². The Kier molecular flexibility index (Phi) is 6.67. The largest absolute Gasteiger partial charge is 0.204 e. The van der Waals surface area contributed by atoms with Crippen LogP contribution in [0.2, 0.25) is 0 Å². The van der Waals surface area contributed by atoms with Gasteiger partial charge in [0.15, 0.2) is 11.6 Å². The summed E-state index contributed by atoms with van der Waals surface area (Å²) in [6, 6.07) is 4.46. The molecule has 0 atom stereocenters. The fraction of sp³-hybridized carbons (Fsp3) is 0.652. The quantitative estimate of drug-likeness (QED) is 0.487. The summed E-state index contributed by atoms with van der Waals surface area (Å²) in [7, 11) is 0. The van der Waals surface area contributed by atoms with Crippen molar-refractivity contribution < 1.29 is 8.78 Å². The van der Waals surface area contributed by atoms with Gasteiger partial charge < -0.3 is 0 Å². The second-order valence-electron chi connectivity index (χ2n) is 8.28. The molecule has 0 aliphatic heterocycles. The van der Waals surface area contributed by atoms with Gasteiger partial charge in [0, 0.05) is 0 Å². The summed E-state index contributed by atoms with van der Waals surface area (Å²) in [5.74, 6) is 1.59. The van der Waals surface area contributed by atoms with Gasteiger partial charge in [-0.05, 0) is 99.7 Å². The summed E-state index contributed by atoms with van der Waals surface area (Å²) in [6.45, 7) is 2.13. The van der Waals surface area contributed by atoms with Crippen LogP contribution in [0.25, 0.3) is 0 Å². The van der Waals surface area contributed by atoms with Gasteiger partial charge in [-0.3, -0.25) is 0 Å². The molecule has 2 heteroatoms. The zero-order valence-electron chi connectivity index (χ0n) is 15.5. The SMILES string of the molecule is C/C=C/[C@H]1CC[C@H](CCC2CCC(c3ccc(F)c(F)c3)CC2)CC1. The van der Waals surface area contributed by atoms with Gasteiger partial charge in [-0.2, -0.15) is 0 Å². The van der Waals surface area contributed by atoms with Gasteiger partial charge in [-0.1, -0.05) is 31.1 Å². The zero-order valence-corrected chi connectivity index (χ0v) is 15.5. The molecule has 0 spiro atoms. The Labute approximate surface area is 151 Å². The summed E-state index contributed by atoms with van der Waals surface area (Å²) in [5, 5.41) is 0. The van der Waals surface area contributed by atoms with E-state index in [1.807, 2.05) is 0 Å². The van der Waals surface area contributed by atoms with Crippen molar-refractivity contribution in [3.63, 3.8) is 0 Å². The highest BCUT2D eigenvalue weighted by atomic mass is 19.2. The highest BCUT2D eigenvalue weighted by molar-refractivity contribution is 5.22. The average Bonchev–Trinajstić information content (AvgIpc) is 2.64. The number of hydrogen-bond donors (Lipinski definition) is 0. The highest BCUT2D eigenvalue weighted by Gasteiger charge is 2.25. The topological polar surface area (TPSA) is 0 Å². The predicted octanol–water partition coefficient (Wildman–Crippen LogP) is 7.40. The lowest BCUT2D eigenvalue weighted by Gasteiger charge is -2.31. The molecule has 3 rings (SSSR count). The monoisotopic (exact) mass is 346 g/mol. The molecule has 0 unspecified atom stereocenters. The molecule has 0 bridgehead atoms. The number of hydrogen-bond acceptors (Lipinski definition) is 0. The van der Waals surface area contributed by atoms with E-state index in [1.54, 1.807) is 6.07 Å². The lowest BCUT2D eigenvalue weighted by Crippen LogP contribution is -2.17. The van der Waals surface area contributed by atoms with Crippen molar-refractivity contribution in [2.75, 3.05) is 0 Å². The van der Waals surface area contributed by atoms with Gasteiger partial charge in [-0.25, -0.2) is 8.78 Å². The van der Waals surface area contributed by atoms with Crippen molar-refractivity contribution in [3.8, 4) is 0 Å². The first-order chi connectivity index (χ1) is 12.2. The van der Waals surface area contributed by atoms with E-state index >= 15 is 0 Å². The smallest absolute Gasteiger partial charge is 0.159 e. The third kappa shape index (κ3) is 5.15.